The smallest absolute Gasteiger partial charge is 0.341 e. The van der Waals surface area contributed by atoms with Crippen molar-refractivity contribution in [3.05, 3.63) is 76.3 Å². The van der Waals surface area contributed by atoms with Gasteiger partial charge in [-0.1, -0.05) is 46.3 Å². The van der Waals surface area contributed by atoms with Gasteiger partial charge in [-0.15, -0.1) is 11.3 Å². The second-order valence-corrected chi connectivity index (χ2v) is 8.35. The summed E-state index contributed by atoms with van der Waals surface area (Å²) < 4.78 is 11.7. The lowest BCUT2D eigenvalue weighted by molar-refractivity contribution is -0.111. The molecule has 2 aromatic carbocycles. The highest BCUT2D eigenvalue weighted by Crippen LogP contribution is 2.36. The highest BCUT2D eigenvalue weighted by atomic mass is 79.9. The van der Waals surface area contributed by atoms with Gasteiger partial charge in [0.1, 0.15) is 10.8 Å². The van der Waals surface area contributed by atoms with E-state index in [2.05, 4.69) is 21.2 Å². The van der Waals surface area contributed by atoms with Crippen LogP contribution in [-0.2, 0) is 9.53 Å². The fraction of sp³-hybridized carbons (Fsp3) is 0.167. The minimum atomic E-state index is -0.467. The Bertz CT molecular complexity index is 1090. The molecule has 0 saturated heterocycles. The van der Waals surface area contributed by atoms with Gasteiger partial charge in [0.05, 0.1) is 18.8 Å². The van der Waals surface area contributed by atoms with Crippen LogP contribution in [0, 0.1) is 0 Å². The molecule has 0 radical (unpaired) electrons. The molecule has 0 fully saturated rings. The van der Waals surface area contributed by atoms with Gasteiger partial charge in [-0.25, -0.2) is 4.79 Å². The van der Waals surface area contributed by atoms with Crippen molar-refractivity contribution in [2.45, 2.75) is 13.8 Å². The molecule has 1 heterocycles. The second-order valence-electron chi connectivity index (χ2n) is 6.38. The van der Waals surface area contributed by atoms with Crippen molar-refractivity contribution in [2.24, 2.45) is 0 Å². The highest BCUT2D eigenvalue weighted by Gasteiger charge is 2.19. The fourth-order valence-corrected chi connectivity index (χ4v) is 4.28. The zero-order valence-corrected chi connectivity index (χ0v) is 19.6. The lowest BCUT2D eigenvalue weighted by Gasteiger charge is -2.07. The third kappa shape index (κ3) is 6.06. The number of hydrogen-bond acceptors (Lipinski definition) is 5. The number of rotatable bonds is 8. The number of carbonyl (C=O) groups excluding carboxylic acids is 2. The van der Waals surface area contributed by atoms with Crippen LogP contribution in [0.2, 0.25) is 0 Å². The fourth-order valence-electron chi connectivity index (χ4n) is 2.84. The van der Waals surface area contributed by atoms with Crippen molar-refractivity contribution in [2.75, 3.05) is 18.5 Å². The first kappa shape index (κ1) is 22.8. The van der Waals surface area contributed by atoms with E-state index in [1.165, 1.54) is 17.4 Å². The quantitative estimate of drug-likeness (QED) is 0.287. The molecule has 0 spiro atoms. The van der Waals surface area contributed by atoms with Crippen molar-refractivity contribution in [3.8, 4) is 16.2 Å². The molecule has 0 saturated carbocycles. The van der Waals surface area contributed by atoms with Gasteiger partial charge >= 0.3 is 5.97 Å². The molecule has 1 aromatic heterocycles. The Balaban J connectivity index is 1.85. The third-order valence-corrected chi connectivity index (χ3v) is 5.80. The monoisotopic (exact) mass is 499 g/mol. The van der Waals surface area contributed by atoms with Crippen LogP contribution in [0.5, 0.6) is 5.75 Å². The summed E-state index contributed by atoms with van der Waals surface area (Å²) in [7, 11) is 0. The number of nitrogens with one attached hydrogen (secondary N) is 1. The number of carbonyl (C=O) groups is 2. The Hall–Kier alpha value is -2.90. The average Bonchev–Trinajstić information content (AvgIpc) is 3.18. The van der Waals surface area contributed by atoms with Crippen molar-refractivity contribution in [1.82, 2.24) is 0 Å². The molecule has 0 aliphatic carbocycles. The predicted molar refractivity (Wildman–Crippen MR) is 129 cm³/mol. The topological polar surface area (TPSA) is 64.6 Å². The van der Waals surface area contributed by atoms with E-state index in [0.29, 0.717) is 22.9 Å². The number of ether oxygens (including phenoxy) is 2. The molecular weight excluding hydrogens is 478 g/mol. The van der Waals surface area contributed by atoms with Crippen molar-refractivity contribution >= 4 is 50.2 Å². The Morgan fingerprint density at radius 2 is 1.84 bits per heavy atom. The Morgan fingerprint density at radius 3 is 2.55 bits per heavy atom. The Morgan fingerprint density at radius 1 is 1.06 bits per heavy atom. The van der Waals surface area contributed by atoms with Gasteiger partial charge in [-0.3, -0.25) is 4.79 Å². The summed E-state index contributed by atoms with van der Waals surface area (Å²) in [4.78, 5) is 25.9. The van der Waals surface area contributed by atoms with E-state index in [1.54, 1.807) is 19.1 Å². The minimum absolute atomic E-state index is 0.256. The van der Waals surface area contributed by atoms with Crippen LogP contribution < -0.4 is 10.1 Å². The summed E-state index contributed by atoms with van der Waals surface area (Å²) in [6.45, 7) is 4.43. The first-order chi connectivity index (χ1) is 15.0. The lowest BCUT2D eigenvalue weighted by atomic mass is 10.1. The lowest BCUT2D eigenvalue weighted by Crippen LogP contribution is -2.11. The molecule has 0 aliphatic rings. The first-order valence-corrected chi connectivity index (χ1v) is 11.4. The third-order valence-electron chi connectivity index (χ3n) is 4.21. The van der Waals surface area contributed by atoms with Gasteiger partial charge in [-0.2, -0.15) is 0 Å². The average molecular weight is 500 g/mol. The maximum atomic E-state index is 12.6. The molecule has 7 heteroatoms. The number of anilines is 1. The van der Waals surface area contributed by atoms with Crippen LogP contribution in [0.15, 0.2) is 65.1 Å². The number of halogens is 1. The van der Waals surface area contributed by atoms with Crippen molar-refractivity contribution < 1.29 is 19.1 Å². The number of benzene rings is 2. The number of hydrogen-bond donors (Lipinski definition) is 1. The molecule has 0 atom stereocenters. The second kappa shape index (κ2) is 10.9. The maximum absolute atomic E-state index is 12.6. The van der Waals surface area contributed by atoms with Crippen molar-refractivity contribution in [1.29, 1.82) is 0 Å². The summed E-state index contributed by atoms with van der Waals surface area (Å²) in [5, 5.41) is 3.27. The van der Waals surface area contributed by atoms with E-state index in [0.717, 1.165) is 20.5 Å². The zero-order chi connectivity index (χ0) is 22.2. The maximum Gasteiger partial charge on any atom is 0.341 e. The van der Waals surface area contributed by atoms with Crippen LogP contribution in [0.3, 0.4) is 0 Å². The van der Waals surface area contributed by atoms with Crippen LogP contribution in [0.4, 0.5) is 5.00 Å². The Kier molecular flexibility index (Phi) is 8.03. The molecule has 0 unspecified atom stereocenters. The van der Waals surface area contributed by atoms with Crippen LogP contribution in [0.1, 0.15) is 29.8 Å². The minimum Gasteiger partial charge on any atom is -0.493 e. The van der Waals surface area contributed by atoms with Gasteiger partial charge in [-0.05, 0) is 49.8 Å². The van der Waals surface area contributed by atoms with Crippen LogP contribution >= 0.6 is 27.3 Å². The van der Waals surface area contributed by atoms with E-state index in [1.807, 2.05) is 55.5 Å². The van der Waals surface area contributed by atoms with Gasteiger partial charge in [0, 0.05) is 21.0 Å². The van der Waals surface area contributed by atoms with E-state index in [9.17, 15) is 9.59 Å². The number of amides is 1. The van der Waals surface area contributed by atoms with Gasteiger partial charge < -0.3 is 14.8 Å². The molecule has 31 heavy (non-hydrogen) atoms. The molecule has 0 aliphatic heterocycles. The van der Waals surface area contributed by atoms with E-state index in [4.69, 9.17) is 9.47 Å². The normalized spacial score (nSPS) is 10.8. The van der Waals surface area contributed by atoms with Crippen LogP contribution in [-0.4, -0.2) is 25.1 Å². The molecule has 5 nitrogen and oxygen atoms in total. The summed E-state index contributed by atoms with van der Waals surface area (Å²) in [5.74, 6) is -0.135. The van der Waals surface area contributed by atoms with Crippen LogP contribution in [0.25, 0.3) is 16.5 Å². The molecule has 1 N–H and O–H groups in total. The summed E-state index contributed by atoms with van der Waals surface area (Å²) in [5.41, 5.74) is 2.07. The largest absolute Gasteiger partial charge is 0.493 e. The van der Waals surface area contributed by atoms with E-state index < -0.39 is 5.97 Å². The molecule has 0 bridgehead atoms. The van der Waals surface area contributed by atoms with E-state index in [-0.39, 0.29) is 12.5 Å². The molecule has 3 aromatic rings. The highest BCUT2D eigenvalue weighted by molar-refractivity contribution is 9.10. The molecule has 1 amide bonds. The number of esters is 1. The van der Waals surface area contributed by atoms with Gasteiger partial charge in [0.2, 0.25) is 5.91 Å². The van der Waals surface area contributed by atoms with Gasteiger partial charge in [0.25, 0.3) is 0 Å². The SMILES string of the molecule is CCOC(=O)c1cc(-c2ccccc2)sc1NC(=O)C=Cc1cc(Br)ccc1OCC. The predicted octanol–water partition coefficient (Wildman–Crippen LogP) is 6.40. The molecule has 3 rings (SSSR count). The van der Waals surface area contributed by atoms with Crippen molar-refractivity contribution in [3.63, 3.8) is 0 Å². The first-order valence-electron chi connectivity index (χ1n) is 9.79. The summed E-state index contributed by atoms with van der Waals surface area (Å²) in [6.07, 6.45) is 3.10. The zero-order valence-electron chi connectivity index (χ0n) is 17.2. The Labute approximate surface area is 193 Å². The summed E-state index contributed by atoms with van der Waals surface area (Å²) in [6, 6.07) is 17.0. The standard InChI is InChI=1S/C24H22BrNO4S/c1-3-29-20-12-11-18(25)14-17(20)10-13-22(27)26-23-19(24(28)30-4-2)15-21(31-23)16-8-6-5-7-9-16/h5-15H,3-4H2,1-2H3,(H,26,27). The molecule has 160 valence electrons. The summed E-state index contributed by atoms with van der Waals surface area (Å²) >= 11 is 4.77. The van der Waals surface area contributed by atoms with Gasteiger partial charge in [0.15, 0.2) is 0 Å². The molecular formula is C24H22BrNO4S. The van der Waals surface area contributed by atoms with E-state index >= 15 is 0 Å². The number of thiophene rings is 1.